The maximum Gasteiger partial charge on any atom is 0.345 e. The van der Waals surface area contributed by atoms with Crippen LogP contribution in [0.1, 0.15) is 46.0 Å². The van der Waals surface area contributed by atoms with E-state index in [0.717, 1.165) is 25.7 Å². The van der Waals surface area contributed by atoms with Crippen molar-refractivity contribution in [2.24, 2.45) is 23.7 Å². The van der Waals surface area contributed by atoms with Crippen LogP contribution < -0.4 is 0 Å². The van der Waals surface area contributed by atoms with Gasteiger partial charge >= 0.3 is 13.6 Å². The third-order valence-corrected chi connectivity index (χ3v) is 8.62. The predicted molar refractivity (Wildman–Crippen MR) is 80.5 cm³/mol. The molecule has 0 radical (unpaired) electrons. The normalized spacial score (nSPS) is 45.9. The fourth-order valence-electron chi connectivity index (χ4n) is 5.99. The molecule has 5 nitrogen and oxygen atoms in total. The lowest BCUT2D eigenvalue weighted by Gasteiger charge is -2.57. The van der Waals surface area contributed by atoms with Gasteiger partial charge in [-0.05, 0) is 63.7 Å². The highest BCUT2D eigenvalue weighted by atomic mass is 31.2. The molecule has 1 saturated heterocycles. The van der Waals surface area contributed by atoms with E-state index in [-0.39, 0.29) is 30.7 Å². The number of ether oxygens (including phenoxy) is 1. The maximum atomic E-state index is 13.3. The van der Waals surface area contributed by atoms with Gasteiger partial charge in [0.2, 0.25) is 0 Å². The number of carbonyl (C=O) groups is 1. The van der Waals surface area contributed by atoms with Crippen molar-refractivity contribution >= 4 is 13.6 Å². The summed E-state index contributed by atoms with van der Waals surface area (Å²) in [5.74, 6) is 1.48. The molecule has 5 fully saturated rings. The fraction of sp³-hybridized carbons (Fsp3) is 0.938. The predicted octanol–water partition coefficient (Wildman–Crippen LogP) is 3.37. The van der Waals surface area contributed by atoms with Gasteiger partial charge in [0.15, 0.2) is 5.66 Å². The van der Waals surface area contributed by atoms with Crippen molar-refractivity contribution in [2.45, 2.75) is 57.2 Å². The maximum absolute atomic E-state index is 13.3. The summed E-state index contributed by atoms with van der Waals surface area (Å²) in [4.78, 5) is 12.6. The summed E-state index contributed by atoms with van der Waals surface area (Å²) in [5, 5.41) is 0. The third-order valence-electron chi connectivity index (χ3n) is 6.17. The first-order valence-electron chi connectivity index (χ1n) is 8.63. The van der Waals surface area contributed by atoms with E-state index in [1.165, 1.54) is 6.42 Å². The van der Waals surface area contributed by atoms with Gasteiger partial charge in [0.05, 0.1) is 13.2 Å². The highest BCUT2D eigenvalue weighted by Crippen LogP contribution is 2.70. The molecule has 4 aliphatic carbocycles. The van der Waals surface area contributed by atoms with Crippen molar-refractivity contribution in [2.75, 3.05) is 13.2 Å². The van der Waals surface area contributed by atoms with Gasteiger partial charge in [0.25, 0.3) is 0 Å². The van der Waals surface area contributed by atoms with E-state index >= 15 is 0 Å². The Morgan fingerprint density at radius 1 is 1.14 bits per heavy atom. The Morgan fingerprint density at radius 2 is 1.73 bits per heavy atom. The molecule has 0 aromatic carbocycles. The zero-order chi connectivity index (χ0) is 15.5. The number of hydrogen-bond acceptors (Lipinski definition) is 5. The van der Waals surface area contributed by atoms with Gasteiger partial charge in [-0.2, -0.15) is 0 Å². The molecule has 5 rings (SSSR count). The van der Waals surface area contributed by atoms with Crippen LogP contribution >= 0.6 is 7.60 Å². The van der Waals surface area contributed by atoms with Crippen LogP contribution in [-0.2, 0) is 23.1 Å². The molecule has 1 aliphatic heterocycles. The second-order valence-electron chi connectivity index (χ2n) is 7.44. The lowest BCUT2D eigenvalue weighted by atomic mass is 9.50. The van der Waals surface area contributed by atoms with E-state index in [1.54, 1.807) is 13.8 Å². The van der Waals surface area contributed by atoms with Crippen LogP contribution in [0.25, 0.3) is 0 Å². The number of rotatable bonds is 5. The Labute approximate surface area is 131 Å². The summed E-state index contributed by atoms with van der Waals surface area (Å²) >= 11 is 0. The SMILES string of the molecule is CCOP(=O)(OCC)C1C(=O)OC23CC4CC(CC(C4)C12)C3. The Balaban J connectivity index is 1.72. The Hall–Kier alpha value is -0.380. The van der Waals surface area contributed by atoms with E-state index in [2.05, 4.69) is 0 Å². The molecule has 0 aromatic rings. The van der Waals surface area contributed by atoms with E-state index < -0.39 is 13.3 Å². The van der Waals surface area contributed by atoms with E-state index in [4.69, 9.17) is 13.8 Å². The zero-order valence-corrected chi connectivity index (χ0v) is 14.2. The molecule has 1 spiro atoms. The summed E-state index contributed by atoms with van der Waals surface area (Å²) in [6, 6.07) is 0. The lowest BCUT2D eigenvalue weighted by molar-refractivity contribution is -0.175. The highest BCUT2D eigenvalue weighted by Gasteiger charge is 2.70. The quantitative estimate of drug-likeness (QED) is 0.572. The van der Waals surface area contributed by atoms with Crippen molar-refractivity contribution in [3.63, 3.8) is 0 Å². The van der Waals surface area contributed by atoms with Crippen molar-refractivity contribution in [3.8, 4) is 0 Å². The summed E-state index contributed by atoms with van der Waals surface area (Å²) < 4.78 is 30.2. The molecule has 0 aromatic heterocycles. The lowest BCUT2D eigenvalue weighted by Crippen LogP contribution is -2.57. The molecular formula is C16H25O5P. The molecular weight excluding hydrogens is 303 g/mol. The smallest absolute Gasteiger partial charge is 0.345 e. The van der Waals surface area contributed by atoms with Crippen molar-refractivity contribution < 1.29 is 23.1 Å². The molecule has 4 saturated carbocycles. The number of hydrogen-bond donors (Lipinski definition) is 0. The molecule has 6 heteroatoms. The topological polar surface area (TPSA) is 61.8 Å². The average Bonchev–Trinajstić information content (AvgIpc) is 2.71. The molecule has 5 aliphatic rings. The van der Waals surface area contributed by atoms with Crippen molar-refractivity contribution in [3.05, 3.63) is 0 Å². The number of carbonyl (C=O) groups excluding carboxylic acids is 1. The van der Waals surface area contributed by atoms with Gasteiger partial charge in [-0.25, -0.2) is 0 Å². The molecule has 124 valence electrons. The van der Waals surface area contributed by atoms with Crippen LogP contribution in [-0.4, -0.2) is 30.4 Å². The first kappa shape index (κ1) is 15.2. The molecule has 0 amide bonds. The number of esters is 1. The van der Waals surface area contributed by atoms with E-state index in [0.29, 0.717) is 17.8 Å². The van der Waals surface area contributed by atoms with Crippen LogP contribution in [0.2, 0.25) is 0 Å². The second kappa shape index (κ2) is 5.06. The molecule has 1 heterocycles. The van der Waals surface area contributed by atoms with E-state index in [1.807, 2.05) is 0 Å². The Kier molecular flexibility index (Phi) is 3.49. The third kappa shape index (κ3) is 1.98. The van der Waals surface area contributed by atoms with Gasteiger partial charge in [-0.15, -0.1) is 0 Å². The van der Waals surface area contributed by atoms with Crippen molar-refractivity contribution in [1.29, 1.82) is 0 Å². The van der Waals surface area contributed by atoms with Gasteiger partial charge in [0, 0.05) is 5.92 Å². The van der Waals surface area contributed by atoms with Gasteiger partial charge in [0.1, 0.15) is 5.60 Å². The molecule has 22 heavy (non-hydrogen) atoms. The summed E-state index contributed by atoms with van der Waals surface area (Å²) in [6.07, 6.45) is 5.47. The first-order chi connectivity index (χ1) is 10.5. The summed E-state index contributed by atoms with van der Waals surface area (Å²) in [5.41, 5.74) is -1.09. The largest absolute Gasteiger partial charge is 0.458 e. The monoisotopic (exact) mass is 328 g/mol. The van der Waals surface area contributed by atoms with Gasteiger partial charge in [-0.1, -0.05) is 0 Å². The Bertz CT molecular complexity index is 509. The highest BCUT2D eigenvalue weighted by molar-refractivity contribution is 7.55. The Morgan fingerprint density at radius 3 is 2.27 bits per heavy atom. The van der Waals surface area contributed by atoms with Crippen LogP contribution in [0.15, 0.2) is 0 Å². The second-order valence-corrected chi connectivity index (χ2v) is 9.59. The van der Waals surface area contributed by atoms with Crippen LogP contribution in [0.5, 0.6) is 0 Å². The van der Waals surface area contributed by atoms with Crippen LogP contribution in [0, 0.1) is 23.7 Å². The van der Waals surface area contributed by atoms with E-state index in [9.17, 15) is 9.36 Å². The average molecular weight is 328 g/mol. The summed E-state index contributed by atoms with van der Waals surface area (Å²) in [7, 11) is -3.45. The minimum atomic E-state index is -3.45. The minimum Gasteiger partial charge on any atom is -0.458 e. The molecule has 4 bridgehead atoms. The van der Waals surface area contributed by atoms with Crippen LogP contribution in [0.3, 0.4) is 0 Å². The van der Waals surface area contributed by atoms with Crippen LogP contribution in [0.4, 0.5) is 0 Å². The molecule has 0 N–H and O–H groups in total. The fourth-order valence-corrected chi connectivity index (χ4v) is 8.33. The summed E-state index contributed by atoms with van der Waals surface area (Å²) in [6.45, 7) is 4.16. The van der Waals surface area contributed by atoms with Gasteiger partial charge in [-0.3, -0.25) is 9.36 Å². The minimum absolute atomic E-state index is 0.0248. The standard InChI is InChI=1S/C16H25O5P/c1-3-19-22(18,20-4-2)14-13-12-6-10-5-11(7-12)9-16(13,8-10)21-15(14)17/h10-14H,3-9H2,1-2H3. The molecule has 4 unspecified atom stereocenters. The molecule has 4 atom stereocenters. The van der Waals surface area contributed by atoms with Gasteiger partial charge < -0.3 is 13.8 Å². The first-order valence-corrected chi connectivity index (χ1v) is 10.2. The van der Waals surface area contributed by atoms with Crippen molar-refractivity contribution in [1.82, 2.24) is 0 Å². The zero-order valence-electron chi connectivity index (χ0n) is 13.3.